The number of piperidine rings is 1. The highest BCUT2D eigenvalue weighted by Crippen LogP contribution is 2.30. The molecule has 5 heteroatoms. The molecule has 0 unspecified atom stereocenters. The van der Waals surface area contributed by atoms with Crippen LogP contribution < -0.4 is 10.2 Å². The van der Waals surface area contributed by atoms with Crippen LogP contribution in [0, 0.1) is 0 Å². The molecule has 0 aliphatic carbocycles. The maximum Gasteiger partial charge on any atom is 0.177 e. The normalized spacial score (nSPS) is 19.4. The molecular formula is C14H22N2O2S. The summed E-state index contributed by atoms with van der Waals surface area (Å²) < 4.78 is 23.7. The van der Waals surface area contributed by atoms with Gasteiger partial charge in [-0.15, -0.1) is 0 Å². The molecule has 106 valence electrons. The first-order valence-electron chi connectivity index (χ1n) is 6.59. The molecule has 1 aliphatic rings. The second-order valence-electron chi connectivity index (χ2n) is 5.54. The number of nitrogens with zero attached hydrogens (tertiary/aromatic N) is 1. The first kappa shape index (κ1) is 14.3. The third-order valence-corrected chi connectivity index (χ3v) is 5.22. The zero-order chi connectivity index (χ0) is 14.1. The third kappa shape index (κ3) is 3.09. The Balaban J connectivity index is 2.26. The minimum atomic E-state index is -3.17. The van der Waals surface area contributed by atoms with Crippen LogP contribution in [0.15, 0.2) is 29.2 Å². The summed E-state index contributed by atoms with van der Waals surface area (Å²) in [5, 5.41) is 3.35. The van der Waals surface area contributed by atoms with Gasteiger partial charge in [0, 0.05) is 24.9 Å². The van der Waals surface area contributed by atoms with Crippen molar-refractivity contribution >= 4 is 15.5 Å². The average Bonchev–Trinajstić information content (AvgIpc) is 2.39. The van der Waals surface area contributed by atoms with E-state index in [4.69, 9.17) is 0 Å². The summed E-state index contributed by atoms with van der Waals surface area (Å²) in [6, 6.07) is 7.27. The van der Waals surface area contributed by atoms with E-state index in [-0.39, 0.29) is 5.54 Å². The predicted molar refractivity (Wildman–Crippen MR) is 78.5 cm³/mol. The van der Waals surface area contributed by atoms with E-state index in [0.29, 0.717) is 4.90 Å². The molecule has 1 aromatic rings. The molecule has 1 heterocycles. The molecule has 1 aliphatic heterocycles. The van der Waals surface area contributed by atoms with Crippen LogP contribution in [0.25, 0.3) is 0 Å². The maximum absolute atomic E-state index is 11.8. The van der Waals surface area contributed by atoms with Crippen molar-refractivity contribution in [3.8, 4) is 0 Å². The maximum atomic E-state index is 11.8. The molecule has 0 amide bonds. The number of benzene rings is 1. The molecule has 0 atom stereocenters. The van der Waals surface area contributed by atoms with E-state index in [1.807, 2.05) is 19.2 Å². The first-order chi connectivity index (χ1) is 8.86. The Bertz CT molecular complexity index is 546. The Kier molecular flexibility index (Phi) is 3.87. The molecule has 0 spiro atoms. The van der Waals surface area contributed by atoms with Crippen molar-refractivity contribution < 1.29 is 8.42 Å². The highest BCUT2D eigenvalue weighted by Gasteiger charge is 2.29. The van der Waals surface area contributed by atoms with E-state index in [9.17, 15) is 8.42 Å². The zero-order valence-corrected chi connectivity index (χ0v) is 12.6. The Morgan fingerprint density at radius 1 is 1.21 bits per heavy atom. The number of sulfone groups is 1. The highest BCUT2D eigenvalue weighted by molar-refractivity contribution is 7.90. The van der Waals surface area contributed by atoms with Gasteiger partial charge in [-0.3, -0.25) is 0 Å². The van der Waals surface area contributed by atoms with Gasteiger partial charge in [-0.05, 0) is 38.9 Å². The fourth-order valence-corrected chi connectivity index (χ4v) is 3.43. The molecule has 2 rings (SSSR count). The molecule has 1 aromatic carbocycles. The molecule has 1 saturated heterocycles. The summed E-state index contributed by atoms with van der Waals surface area (Å²) in [5.41, 5.74) is 0.999. The molecule has 1 N–H and O–H groups in total. The van der Waals surface area contributed by atoms with Gasteiger partial charge in [0.05, 0.1) is 10.6 Å². The van der Waals surface area contributed by atoms with Crippen molar-refractivity contribution in [1.29, 1.82) is 0 Å². The van der Waals surface area contributed by atoms with Crippen molar-refractivity contribution in [2.45, 2.75) is 30.2 Å². The van der Waals surface area contributed by atoms with Gasteiger partial charge in [0.25, 0.3) is 0 Å². The van der Waals surface area contributed by atoms with Gasteiger partial charge in [-0.1, -0.05) is 12.1 Å². The number of rotatable bonds is 3. The van der Waals surface area contributed by atoms with Gasteiger partial charge < -0.3 is 10.2 Å². The zero-order valence-electron chi connectivity index (χ0n) is 11.8. The Labute approximate surface area is 115 Å². The van der Waals surface area contributed by atoms with Crippen LogP contribution in [0.4, 0.5) is 5.69 Å². The minimum Gasteiger partial charge on any atom is -0.370 e. The number of nitrogens with one attached hydrogen (secondary N) is 1. The lowest BCUT2D eigenvalue weighted by molar-refractivity contribution is 0.304. The molecule has 0 bridgehead atoms. The predicted octanol–water partition coefficient (Wildman–Crippen LogP) is 1.67. The quantitative estimate of drug-likeness (QED) is 0.916. The fourth-order valence-electron chi connectivity index (χ4n) is 2.52. The lowest BCUT2D eigenvalue weighted by atomic mass is 9.89. The largest absolute Gasteiger partial charge is 0.370 e. The summed E-state index contributed by atoms with van der Waals surface area (Å²) in [4.78, 5) is 2.61. The van der Waals surface area contributed by atoms with Crippen LogP contribution in [-0.2, 0) is 9.84 Å². The van der Waals surface area contributed by atoms with Crippen molar-refractivity contribution in [3.05, 3.63) is 24.3 Å². The average molecular weight is 282 g/mol. The Morgan fingerprint density at radius 3 is 2.32 bits per heavy atom. The number of hydrogen-bond acceptors (Lipinski definition) is 4. The summed E-state index contributed by atoms with van der Waals surface area (Å²) >= 11 is 0. The van der Waals surface area contributed by atoms with E-state index < -0.39 is 9.84 Å². The third-order valence-electron chi connectivity index (χ3n) is 4.08. The standard InChI is InChI=1S/C14H22N2O2S/c1-14(15-2)8-10-16(11-9-14)12-6-4-5-7-13(12)19(3,17)18/h4-7,15H,8-11H2,1-3H3. The van der Waals surface area contributed by atoms with Gasteiger partial charge >= 0.3 is 0 Å². The van der Waals surface area contributed by atoms with Crippen molar-refractivity contribution in [1.82, 2.24) is 5.32 Å². The van der Waals surface area contributed by atoms with E-state index >= 15 is 0 Å². The van der Waals surface area contributed by atoms with E-state index in [2.05, 4.69) is 17.1 Å². The monoisotopic (exact) mass is 282 g/mol. The van der Waals surface area contributed by atoms with Crippen LogP contribution in [0.1, 0.15) is 19.8 Å². The molecule has 1 fully saturated rings. The fraction of sp³-hybridized carbons (Fsp3) is 0.571. The van der Waals surface area contributed by atoms with E-state index in [0.717, 1.165) is 31.6 Å². The van der Waals surface area contributed by atoms with Crippen LogP contribution >= 0.6 is 0 Å². The molecule has 19 heavy (non-hydrogen) atoms. The van der Waals surface area contributed by atoms with Gasteiger partial charge in [0.1, 0.15) is 0 Å². The first-order valence-corrected chi connectivity index (χ1v) is 8.48. The minimum absolute atomic E-state index is 0.163. The Hall–Kier alpha value is -1.07. The highest BCUT2D eigenvalue weighted by atomic mass is 32.2. The van der Waals surface area contributed by atoms with Crippen molar-refractivity contribution in [2.24, 2.45) is 0 Å². The van der Waals surface area contributed by atoms with Crippen LogP contribution in [-0.4, -0.2) is 40.3 Å². The second kappa shape index (κ2) is 5.13. The number of anilines is 1. The number of hydrogen-bond donors (Lipinski definition) is 1. The molecule has 0 aromatic heterocycles. The van der Waals surface area contributed by atoms with E-state index in [1.54, 1.807) is 12.1 Å². The molecule has 0 radical (unpaired) electrons. The van der Waals surface area contributed by atoms with E-state index in [1.165, 1.54) is 6.26 Å². The smallest absolute Gasteiger partial charge is 0.177 e. The summed E-state index contributed by atoms with van der Waals surface area (Å²) in [7, 11) is -1.19. The lowest BCUT2D eigenvalue weighted by Gasteiger charge is -2.40. The van der Waals surface area contributed by atoms with Crippen LogP contribution in [0.2, 0.25) is 0 Å². The molecular weight excluding hydrogens is 260 g/mol. The second-order valence-corrected chi connectivity index (χ2v) is 7.52. The number of para-hydroxylation sites is 1. The van der Waals surface area contributed by atoms with Gasteiger partial charge in [0.2, 0.25) is 0 Å². The van der Waals surface area contributed by atoms with Crippen LogP contribution in [0.5, 0.6) is 0 Å². The van der Waals surface area contributed by atoms with Crippen molar-refractivity contribution in [3.63, 3.8) is 0 Å². The lowest BCUT2D eigenvalue weighted by Crippen LogP contribution is -2.50. The molecule has 0 saturated carbocycles. The van der Waals surface area contributed by atoms with Gasteiger partial charge in [0.15, 0.2) is 9.84 Å². The summed E-state index contributed by atoms with van der Waals surface area (Å²) in [6.07, 6.45) is 3.30. The van der Waals surface area contributed by atoms with Crippen LogP contribution in [0.3, 0.4) is 0 Å². The Morgan fingerprint density at radius 2 is 1.79 bits per heavy atom. The summed E-state index contributed by atoms with van der Waals surface area (Å²) in [6.45, 7) is 3.97. The SMILES string of the molecule is CNC1(C)CCN(c2ccccc2S(C)(=O)=O)CC1. The van der Waals surface area contributed by atoms with Gasteiger partial charge in [-0.2, -0.15) is 0 Å². The molecule has 4 nitrogen and oxygen atoms in total. The van der Waals surface area contributed by atoms with Crippen molar-refractivity contribution in [2.75, 3.05) is 31.3 Å². The van der Waals surface area contributed by atoms with Gasteiger partial charge in [-0.25, -0.2) is 8.42 Å². The topological polar surface area (TPSA) is 49.4 Å². The summed E-state index contributed by atoms with van der Waals surface area (Å²) in [5.74, 6) is 0.